The van der Waals surface area contributed by atoms with Crippen molar-refractivity contribution in [3.8, 4) is 11.5 Å². The van der Waals surface area contributed by atoms with Crippen molar-refractivity contribution in [1.82, 2.24) is 10.2 Å². The largest absolute Gasteiger partial charge is 0.497 e. The Morgan fingerprint density at radius 3 is 2.39 bits per heavy atom. The van der Waals surface area contributed by atoms with Gasteiger partial charge in [0, 0.05) is 17.7 Å². The van der Waals surface area contributed by atoms with E-state index in [1.807, 2.05) is 37.3 Å². The van der Waals surface area contributed by atoms with Crippen molar-refractivity contribution < 1.29 is 14.3 Å². The van der Waals surface area contributed by atoms with Crippen molar-refractivity contribution in [2.24, 2.45) is 0 Å². The third kappa shape index (κ3) is 5.04. The minimum Gasteiger partial charge on any atom is -0.497 e. The Morgan fingerprint density at radius 1 is 1.04 bits per heavy atom. The van der Waals surface area contributed by atoms with E-state index in [1.54, 1.807) is 14.2 Å². The highest BCUT2D eigenvalue weighted by Gasteiger charge is 2.17. The summed E-state index contributed by atoms with van der Waals surface area (Å²) in [5.74, 6) is 1.37. The fraction of sp³-hybridized carbons (Fsp3) is 0.435. The normalized spacial score (nSPS) is 15.7. The van der Waals surface area contributed by atoms with E-state index >= 15 is 0 Å². The number of likely N-dealkylation sites (tertiary alicyclic amines) is 1. The van der Waals surface area contributed by atoms with Gasteiger partial charge in [-0.3, -0.25) is 9.69 Å². The average Bonchev–Trinajstić information content (AvgIpc) is 2.74. The Bertz CT molecular complexity index is 783. The summed E-state index contributed by atoms with van der Waals surface area (Å²) < 4.78 is 10.7. The summed E-state index contributed by atoms with van der Waals surface area (Å²) in [4.78, 5) is 15.2. The molecule has 1 saturated heterocycles. The third-order valence-corrected chi connectivity index (χ3v) is 5.32. The van der Waals surface area contributed by atoms with E-state index in [2.05, 4.69) is 22.3 Å². The van der Waals surface area contributed by atoms with Crippen LogP contribution in [0.5, 0.6) is 11.5 Å². The van der Waals surface area contributed by atoms with Crippen LogP contribution in [0.15, 0.2) is 42.5 Å². The van der Waals surface area contributed by atoms with Crippen LogP contribution in [0.25, 0.3) is 0 Å². The van der Waals surface area contributed by atoms with Crippen LogP contribution in [0.4, 0.5) is 0 Å². The van der Waals surface area contributed by atoms with Gasteiger partial charge in [-0.2, -0.15) is 0 Å². The van der Waals surface area contributed by atoms with Crippen molar-refractivity contribution in [3.05, 3.63) is 59.2 Å². The number of methoxy groups -OCH3 is 2. The molecule has 5 nitrogen and oxygen atoms in total. The number of carbonyl (C=O) groups is 1. The molecule has 28 heavy (non-hydrogen) atoms. The maximum absolute atomic E-state index is 12.7. The van der Waals surface area contributed by atoms with Crippen LogP contribution >= 0.6 is 0 Å². The number of hydrogen-bond donors (Lipinski definition) is 1. The lowest BCUT2D eigenvalue weighted by Gasteiger charge is -2.26. The predicted molar refractivity (Wildman–Crippen MR) is 111 cm³/mol. The van der Waals surface area contributed by atoms with Crippen LogP contribution < -0.4 is 14.8 Å². The molecule has 0 spiro atoms. The van der Waals surface area contributed by atoms with Gasteiger partial charge in [0.1, 0.15) is 11.5 Å². The summed E-state index contributed by atoms with van der Waals surface area (Å²) in [5, 5.41) is 3.05. The van der Waals surface area contributed by atoms with E-state index < -0.39 is 0 Å². The highest BCUT2D eigenvalue weighted by atomic mass is 16.5. The first-order chi connectivity index (χ1) is 13.6. The minimum absolute atomic E-state index is 0.0955. The monoisotopic (exact) mass is 382 g/mol. The van der Waals surface area contributed by atoms with Crippen LogP contribution in [0.3, 0.4) is 0 Å². The second-order valence-corrected chi connectivity index (χ2v) is 7.34. The molecule has 1 aliphatic heterocycles. The molecule has 0 aromatic heterocycles. The molecule has 1 amide bonds. The molecular weight excluding hydrogens is 352 g/mol. The van der Waals surface area contributed by atoms with Crippen LogP contribution in [0.1, 0.15) is 53.7 Å². The van der Waals surface area contributed by atoms with E-state index in [0.29, 0.717) is 5.56 Å². The van der Waals surface area contributed by atoms with Crippen molar-refractivity contribution >= 4 is 5.91 Å². The first kappa shape index (κ1) is 20.2. The summed E-state index contributed by atoms with van der Waals surface area (Å²) >= 11 is 0. The molecule has 0 bridgehead atoms. The van der Waals surface area contributed by atoms with E-state index in [1.165, 1.54) is 37.9 Å². The maximum atomic E-state index is 12.7. The molecule has 1 fully saturated rings. The van der Waals surface area contributed by atoms with Crippen LogP contribution in [0.2, 0.25) is 0 Å². The molecule has 2 aromatic rings. The number of amides is 1. The van der Waals surface area contributed by atoms with Crippen molar-refractivity contribution in [1.29, 1.82) is 0 Å². The minimum atomic E-state index is -0.203. The van der Waals surface area contributed by atoms with E-state index in [9.17, 15) is 4.79 Å². The zero-order valence-corrected chi connectivity index (χ0v) is 17.0. The number of carbonyl (C=O) groups excluding carboxylic acids is 1. The van der Waals surface area contributed by atoms with E-state index in [4.69, 9.17) is 9.47 Å². The van der Waals surface area contributed by atoms with Crippen LogP contribution in [-0.4, -0.2) is 38.1 Å². The topological polar surface area (TPSA) is 50.8 Å². The summed E-state index contributed by atoms with van der Waals surface area (Å²) in [6.45, 7) is 5.24. The predicted octanol–water partition coefficient (Wildman–Crippen LogP) is 4.18. The number of piperidine rings is 1. The Kier molecular flexibility index (Phi) is 6.93. The number of hydrogen-bond acceptors (Lipinski definition) is 4. The maximum Gasteiger partial charge on any atom is 0.251 e. The summed E-state index contributed by atoms with van der Waals surface area (Å²) in [7, 11) is 3.25. The SMILES string of the molecule is COc1ccc(OC)c([C@H](C)NC(=O)c2ccc(CN3CCCCC3)cc2)c1. The average molecular weight is 383 g/mol. The standard InChI is InChI=1S/C23H30N2O3/c1-17(21-15-20(27-2)11-12-22(21)28-3)24-23(26)19-9-7-18(8-10-19)16-25-13-5-4-6-14-25/h7-12,15,17H,4-6,13-14,16H2,1-3H3,(H,24,26)/t17-/m0/s1. The molecule has 1 heterocycles. The van der Waals surface area contributed by atoms with Gasteiger partial charge in [0.05, 0.1) is 20.3 Å². The number of nitrogens with one attached hydrogen (secondary N) is 1. The zero-order chi connectivity index (χ0) is 19.9. The lowest BCUT2D eigenvalue weighted by atomic mass is 10.1. The molecule has 3 rings (SSSR count). The Labute approximate surface area is 167 Å². The molecule has 0 aliphatic carbocycles. The Balaban J connectivity index is 1.64. The van der Waals surface area contributed by atoms with Gasteiger partial charge in [-0.25, -0.2) is 0 Å². The second kappa shape index (κ2) is 9.60. The van der Waals surface area contributed by atoms with Crippen molar-refractivity contribution in [2.45, 2.75) is 38.8 Å². The molecule has 0 radical (unpaired) electrons. The molecule has 0 unspecified atom stereocenters. The quantitative estimate of drug-likeness (QED) is 0.780. The third-order valence-electron chi connectivity index (χ3n) is 5.32. The molecule has 1 aliphatic rings. The van der Waals surface area contributed by atoms with Gasteiger partial charge in [-0.05, 0) is 68.8 Å². The number of ether oxygens (including phenoxy) is 2. The molecule has 5 heteroatoms. The first-order valence-corrected chi connectivity index (χ1v) is 9.95. The molecule has 150 valence electrons. The van der Waals surface area contributed by atoms with Crippen molar-refractivity contribution in [3.63, 3.8) is 0 Å². The fourth-order valence-corrected chi connectivity index (χ4v) is 3.67. The van der Waals surface area contributed by atoms with Gasteiger partial charge in [-0.1, -0.05) is 18.6 Å². The molecule has 1 N–H and O–H groups in total. The van der Waals surface area contributed by atoms with Gasteiger partial charge < -0.3 is 14.8 Å². The van der Waals surface area contributed by atoms with Gasteiger partial charge in [0.15, 0.2) is 0 Å². The number of nitrogens with zero attached hydrogens (tertiary/aromatic N) is 1. The number of benzene rings is 2. The summed E-state index contributed by atoms with van der Waals surface area (Å²) in [6, 6.07) is 13.3. The molecular formula is C23H30N2O3. The lowest BCUT2D eigenvalue weighted by Crippen LogP contribution is -2.29. The van der Waals surface area contributed by atoms with Crippen molar-refractivity contribution in [2.75, 3.05) is 27.3 Å². The summed E-state index contributed by atoms with van der Waals surface area (Å²) in [6.07, 6.45) is 3.91. The second-order valence-electron chi connectivity index (χ2n) is 7.34. The number of rotatable bonds is 7. The van der Waals surface area contributed by atoms with Gasteiger partial charge in [0.25, 0.3) is 5.91 Å². The van der Waals surface area contributed by atoms with Gasteiger partial charge >= 0.3 is 0 Å². The van der Waals surface area contributed by atoms with Gasteiger partial charge in [0.2, 0.25) is 0 Å². The van der Waals surface area contributed by atoms with Gasteiger partial charge in [-0.15, -0.1) is 0 Å². The highest BCUT2D eigenvalue weighted by molar-refractivity contribution is 5.94. The van der Waals surface area contributed by atoms with E-state index in [-0.39, 0.29) is 11.9 Å². The zero-order valence-electron chi connectivity index (χ0n) is 17.0. The fourth-order valence-electron chi connectivity index (χ4n) is 3.67. The Morgan fingerprint density at radius 2 is 1.75 bits per heavy atom. The first-order valence-electron chi connectivity index (χ1n) is 9.95. The molecule has 2 aromatic carbocycles. The Hall–Kier alpha value is -2.53. The molecule has 1 atom stereocenters. The van der Waals surface area contributed by atoms with Crippen LogP contribution in [0, 0.1) is 0 Å². The molecule has 0 saturated carbocycles. The van der Waals surface area contributed by atoms with Crippen LogP contribution in [-0.2, 0) is 6.54 Å². The summed E-state index contributed by atoms with van der Waals surface area (Å²) in [5.41, 5.74) is 2.80. The highest BCUT2D eigenvalue weighted by Crippen LogP contribution is 2.29. The smallest absolute Gasteiger partial charge is 0.251 e. The van der Waals surface area contributed by atoms with E-state index in [0.717, 1.165) is 23.6 Å². The lowest BCUT2D eigenvalue weighted by molar-refractivity contribution is 0.0939.